The van der Waals surface area contributed by atoms with E-state index < -0.39 is 0 Å². The zero-order valence-electron chi connectivity index (χ0n) is 54.5. The van der Waals surface area contributed by atoms with Crippen LogP contribution in [0.15, 0.2) is 335 Å². The van der Waals surface area contributed by atoms with Crippen molar-refractivity contribution >= 4 is 92.1 Å². The standard InChI is InChI=1S/C48H30N4Se2.C42H26N4Se2/c1-3-11-31(12-4-1)32-19-21-34(22-20-32)46-49-45(33-13-5-2-6-14-33)50-47(51-46)35-23-25-36(26-24-35)52-41-17-9-7-15-37(41)48(38-16-8-10-18-42(38)52)39-27-29-53-43(39)44-40(48)28-30-54-44;1-3-12-27(13-4-1)39-43-40(28-14-5-2-6-15-28)45-41(44-39)29-16-11-17-30(26-29)46-35-20-9-7-18-31(35)42(32-19-8-10-21-36(32)46)33-22-24-47-37(33)38-34(42)23-25-48-38/h1-30H;1-26H. The molecule has 8 heterocycles. The van der Waals surface area contributed by atoms with Crippen molar-refractivity contribution in [1.29, 1.82) is 0 Å². The minimum absolute atomic E-state index is 0.286. The molecule has 2 spiro atoms. The van der Waals surface area contributed by atoms with Crippen molar-refractivity contribution in [1.82, 2.24) is 29.9 Å². The van der Waals surface area contributed by atoms with E-state index in [1.54, 1.807) is 17.7 Å². The predicted octanol–water partition coefficient (Wildman–Crippen LogP) is 19.9. The Labute approximate surface area is 614 Å². The molecule has 2 aliphatic carbocycles. The van der Waals surface area contributed by atoms with Crippen molar-refractivity contribution in [2.75, 3.05) is 9.80 Å². The minimum Gasteiger partial charge on any atom is -0.0615 e. The maximum Gasteiger partial charge on any atom is -0.0512 e. The van der Waals surface area contributed by atoms with Crippen molar-refractivity contribution in [2.45, 2.75) is 10.8 Å². The third-order valence-corrected chi connectivity index (χ3v) is 29.4. The number of para-hydroxylation sites is 4. The van der Waals surface area contributed by atoms with Gasteiger partial charge in [-0.15, -0.1) is 0 Å². The van der Waals surface area contributed by atoms with Gasteiger partial charge in [0.15, 0.2) is 11.6 Å². The van der Waals surface area contributed by atoms with Crippen LogP contribution in [0.2, 0.25) is 0 Å². The zero-order valence-corrected chi connectivity index (χ0v) is 61.4. The Morgan fingerprint density at radius 2 is 0.451 bits per heavy atom. The van der Waals surface area contributed by atoms with E-state index in [-0.39, 0.29) is 10.8 Å². The Bertz CT molecular complexity index is 5810. The number of aromatic nitrogens is 6. The van der Waals surface area contributed by atoms with E-state index in [2.05, 4.69) is 260 Å². The van der Waals surface area contributed by atoms with Gasteiger partial charge < -0.3 is 0 Å². The van der Waals surface area contributed by atoms with Gasteiger partial charge in [0, 0.05) is 22.3 Å². The molecule has 0 atom stereocenters. The van der Waals surface area contributed by atoms with Gasteiger partial charge in [0.2, 0.25) is 0 Å². The first-order valence-corrected chi connectivity index (χ1v) is 41.3. The molecule has 21 rings (SSSR count). The maximum atomic E-state index is 5.07. The first-order valence-electron chi connectivity index (χ1n) is 33.9. The molecule has 480 valence electrons. The summed E-state index contributed by atoms with van der Waals surface area (Å²) < 4.78 is 6.40. The van der Waals surface area contributed by atoms with Crippen LogP contribution in [0, 0.1) is 0 Å². The molecule has 12 heteroatoms. The van der Waals surface area contributed by atoms with Crippen LogP contribution in [0.3, 0.4) is 0 Å². The van der Waals surface area contributed by atoms with E-state index in [1.807, 2.05) is 84.9 Å². The van der Waals surface area contributed by atoms with Gasteiger partial charge in [0.25, 0.3) is 0 Å². The molecule has 0 amide bonds. The van der Waals surface area contributed by atoms with E-state index in [0.29, 0.717) is 93.0 Å². The molecular formula is C90H56N8Se4. The fourth-order valence-corrected chi connectivity index (χ4v) is 25.6. The van der Waals surface area contributed by atoms with Crippen molar-refractivity contribution in [3.63, 3.8) is 0 Å². The third kappa shape index (κ3) is 9.68. The molecule has 0 bridgehead atoms. The molecule has 0 N–H and O–H groups in total. The van der Waals surface area contributed by atoms with Gasteiger partial charge in [-0.2, -0.15) is 0 Å². The summed E-state index contributed by atoms with van der Waals surface area (Å²) in [7, 11) is 0. The molecule has 0 saturated carbocycles. The molecule has 102 heavy (non-hydrogen) atoms. The van der Waals surface area contributed by atoms with Gasteiger partial charge in [0.1, 0.15) is 0 Å². The first-order chi connectivity index (χ1) is 50.6. The van der Waals surface area contributed by atoms with E-state index >= 15 is 0 Å². The fraction of sp³-hybridized carbons (Fsp3) is 0.0222. The van der Waals surface area contributed by atoms with Crippen molar-refractivity contribution in [3.05, 3.63) is 380 Å². The topological polar surface area (TPSA) is 83.8 Å². The summed E-state index contributed by atoms with van der Waals surface area (Å²) in [4.78, 5) is 44.6. The smallest absolute Gasteiger partial charge is 0.0512 e. The largest absolute Gasteiger partial charge is 0.0615 e. The SMILES string of the molecule is c1ccc(-c2ccc(-c3nc(-c4ccccc4)nc(-c4ccc(N5c6ccccc6C6(c7ccccc75)c5cc[se]c5-c5[se]ccc56)cc4)n3)cc2)cc1.c1ccc(-c2nc(-c3ccccc3)nc(-c3cccc(N4c5ccccc5C5(c6ccccc64)c4cc[se]c4-c4[se]ccc45)c3)n2)cc1. The summed E-state index contributed by atoms with van der Waals surface area (Å²) in [5, 5.41) is 0. The van der Waals surface area contributed by atoms with E-state index in [1.165, 1.54) is 72.8 Å². The van der Waals surface area contributed by atoms with Crippen LogP contribution in [0.25, 0.3) is 97.2 Å². The number of anilines is 6. The molecular weight excluding hydrogens is 1510 g/mol. The molecule has 0 radical (unpaired) electrons. The number of rotatable bonds is 9. The summed E-state index contributed by atoms with van der Waals surface area (Å²) in [5.74, 6) is 3.91. The number of benzene rings is 11. The summed E-state index contributed by atoms with van der Waals surface area (Å²) in [6.07, 6.45) is 0. The van der Waals surface area contributed by atoms with Crippen LogP contribution in [0.5, 0.6) is 0 Å². The van der Waals surface area contributed by atoms with E-state index in [9.17, 15) is 0 Å². The second kappa shape index (κ2) is 25.0. The number of hydrogen-bond acceptors (Lipinski definition) is 8. The minimum atomic E-state index is -0.293. The van der Waals surface area contributed by atoms with Crippen molar-refractivity contribution in [2.24, 2.45) is 0 Å². The number of fused-ring (bicyclic) bond motifs is 18. The van der Waals surface area contributed by atoms with Gasteiger partial charge in [-0.3, -0.25) is 0 Å². The van der Waals surface area contributed by atoms with Crippen LogP contribution in [-0.2, 0) is 10.8 Å². The molecule has 2 aliphatic heterocycles. The predicted molar refractivity (Wildman–Crippen MR) is 417 cm³/mol. The molecule has 0 unspecified atom stereocenters. The zero-order chi connectivity index (χ0) is 67.3. The normalized spacial score (nSPS) is 13.4. The first kappa shape index (κ1) is 61.0. The second-order valence-corrected chi connectivity index (χ2v) is 33.3. The number of hydrogen-bond donors (Lipinski definition) is 0. The quantitative estimate of drug-likeness (QED) is 0.132. The molecule has 8 nitrogen and oxygen atoms in total. The van der Waals surface area contributed by atoms with Crippen molar-refractivity contribution < 1.29 is 0 Å². The Balaban J connectivity index is 0.000000138. The van der Waals surface area contributed by atoms with Gasteiger partial charge in [-0.05, 0) is 11.1 Å². The summed E-state index contributed by atoms with van der Waals surface area (Å²) in [6, 6.07) is 113. The maximum absolute atomic E-state index is 5.07. The van der Waals surface area contributed by atoms with Gasteiger partial charge in [0.05, 0.1) is 0 Å². The fourth-order valence-electron chi connectivity index (χ4n) is 15.9. The van der Waals surface area contributed by atoms with E-state index in [4.69, 9.17) is 29.9 Å². The van der Waals surface area contributed by atoms with Crippen LogP contribution in [0.1, 0.15) is 44.5 Å². The van der Waals surface area contributed by atoms with E-state index in [0.717, 1.165) is 50.3 Å². The van der Waals surface area contributed by atoms with Crippen LogP contribution >= 0.6 is 0 Å². The van der Waals surface area contributed by atoms with Gasteiger partial charge in [-0.25, -0.2) is 9.97 Å². The Morgan fingerprint density at radius 1 is 0.196 bits per heavy atom. The van der Waals surface area contributed by atoms with Gasteiger partial charge >= 0.3 is 419 Å². The molecule has 11 aromatic carbocycles. The van der Waals surface area contributed by atoms with Gasteiger partial charge in [-0.1, -0.05) is 146 Å². The average molecular weight is 1570 g/mol. The summed E-state index contributed by atoms with van der Waals surface area (Å²) in [6.45, 7) is 0. The number of nitrogens with zero attached hydrogens (tertiary/aromatic N) is 8. The summed E-state index contributed by atoms with van der Waals surface area (Å²) >= 11 is 1.52. The van der Waals surface area contributed by atoms with Crippen LogP contribution < -0.4 is 9.80 Å². The Morgan fingerprint density at radius 3 is 0.804 bits per heavy atom. The third-order valence-electron chi connectivity index (χ3n) is 20.2. The van der Waals surface area contributed by atoms with Crippen LogP contribution in [0.4, 0.5) is 34.1 Å². The second-order valence-electron chi connectivity index (χ2n) is 25.6. The monoisotopic (exact) mass is 1570 g/mol. The summed E-state index contributed by atoms with van der Waals surface area (Å²) in [5.41, 5.74) is 25.8. The Hall–Kier alpha value is -11.0. The molecule has 4 aliphatic rings. The Kier molecular flexibility index (Phi) is 14.9. The van der Waals surface area contributed by atoms with Crippen LogP contribution in [-0.4, -0.2) is 87.9 Å². The molecule has 6 aromatic heterocycles. The molecule has 0 saturated heterocycles. The average Bonchev–Trinajstić information content (AvgIpc) is 1.48. The van der Waals surface area contributed by atoms with Crippen molar-refractivity contribution in [3.8, 4) is 97.2 Å². The molecule has 17 aromatic rings. The molecule has 0 fully saturated rings.